The molecule has 0 saturated carbocycles. The molecule has 0 bridgehead atoms. The zero-order chi connectivity index (χ0) is 13.0. The summed E-state index contributed by atoms with van der Waals surface area (Å²) < 4.78 is 0. The Morgan fingerprint density at radius 1 is 1.28 bits per heavy atom. The van der Waals surface area contributed by atoms with Crippen LogP contribution < -0.4 is 0 Å². The van der Waals surface area contributed by atoms with Crippen molar-refractivity contribution in [2.75, 3.05) is 13.1 Å². The first-order valence-corrected chi connectivity index (χ1v) is 7.43. The predicted octanol–water partition coefficient (Wildman–Crippen LogP) is 3.37. The molecule has 1 atom stereocenters. The van der Waals surface area contributed by atoms with Crippen LogP contribution in [0.1, 0.15) is 49.9 Å². The maximum Gasteiger partial charge on any atom is 0.0453 e. The predicted molar refractivity (Wildman–Crippen MR) is 76.9 cm³/mol. The molecular weight excluding hydrogens is 220 g/mol. The summed E-state index contributed by atoms with van der Waals surface area (Å²) in [5, 5.41) is 0. The van der Waals surface area contributed by atoms with Gasteiger partial charge in [0.25, 0.3) is 0 Å². The van der Waals surface area contributed by atoms with E-state index in [0.29, 0.717) is 6.04 Å². The summed E-state index contributed by atoms with van der Waals surface area (Å²) in [6, 6.07) is 2.86. The fraction of sp³-hybridized carbons (Fsp3) is 0.688. The highest BCUT2D eigenvalue weighted by Gasteiger charge is 2.24. The number of hydrogen-bond acceptors (Lipinski definition) is 2. The van der Waals surface area contributed by atoms with E-state index in [4.69, 9.17) is 0 Å². The molecular formula is C16H26N2. The Kier molecular flexibility index (Phi) is 4.76. The van der Waals surface area contributed by atoms with E-state index in [2.05, 4.69) is 36.7 Å². The van der Waals surface area contributed by atoms with Gasteiger partial charge >= 0.3 is 0 Å². The number of aromatic nitrogens is 1. The fourth-order valence-corrected chi connectivity index (χ4v) is 3.16. The monoisotopic (exact) mass is 246 g/mol. The van der Waals surface area contributed by atoms with Gasteiger partial charge in [0.2, 0.25) is 0 Å². The summed E-state index contributed by atoms with van der Waals surface area (Å²) in [4.78, 5) is 7.28. The van der Waals surface area contributed by atoms with E-state index in [1.807, 2.05) is 6.20 Å². The molecule has 0 spiro atoms. The quantitative estimate of drug-likeness (QED) is 0.792. The van der Waals surface area contributed by atoms with Crippen LogP contribution in [0.5, 0.6) is 0 Å². The Hall–Kier alpha value is -0.890. The molecule has 1 aliphatic rings. The van der Waals surface area contributed by atoms with Gasteiger partial charge < -0.3 is 4.90 Å². The lowest BCUT2D eigenvalue weighted by atomic mass is 9.88. The Balaban J connectivity index is 2.10. The summed E-state index contributed by atoms with van der Waals surface area (Å²) in [5.41, 5.74) is 4.29. The SMILES string of the molecule is CCCN(CCC)C1CCc2c(C)ccnc2C1. The van der Waals surface area contributed by atoms with Crippen molar-refractivity contribution < 1.29 is 0 Å². The van der Waals surface area contributed by atoms with Crippen molar-refractivity contribution in [2.24, 2.45) is 0 Å². The molecule has 0 fully saturated rings. The first-order valence-electron chi connectivity index (χ1n) is 7.43. The highest BCUT2D eigenvalue weighted by atomic mass is 15.1. The van der Waals surface area contributed by atoms with Crippen LogP contribution in [0.2, 0.25) is 0 Å². The van der Waals surface area contributed by atoms with Gasteiger partial charge in [-0.3, -0.25) is 4.98 Å². The topological polar surface area (TPSA) is 16.1 Å². The zero-order valence-electron chi connectivity index (χ0n) is 12.1. The molecule has 0 aromatic carbocycles. The normalized spacial score (nSPS) is 19.0. The average Bonchev–Trinajstić information content (AvgIpc) is 2.38. The molecule has 0 saturated heterocycles. The van der Waals surface area contributed by atoms with Crippen molar-refractivity contribution in [1.82, 2.24) is 9.88 Å². The molecule has 0 radical (unpaired) electrons. The van der Waals surface area contributed by atoms with Crippen molar-refractivity contribution in [3.05, 3.63) is 29.1 Å². The highest BCUT2D eigenvalue weighted by Crippen LogP contribution is 2.25. The van der Waals surface area contributed by atoms with Gasteiger partial charge in [-0.15, -0.1) is 0 Å². The van der Waals surface area contributed by atoms with Gasteiger partial charge in [0.05, 0.1) is 0 Å². The number of aryl methyl sites for hydroxylation is 1. The molecule has 1 aliphatic carbocycles. The molecule has 0 amide bonds. The van der Waals surface area contributed by atoms with Crippen LogP contribution in [-0.2, 0) is 12.8 Å². The van der Waals surface area contributed by atoms with Gasteiger partial charge in [0.1, 0.15) is 0 Å². The van der Waals surface area contributed by atoms with Crippen LogP contribution in [0, 0.1) is 6.92 Å². The van der Waals surface area contributed by atoms with Crippen LogP contribution in [0.4, 0.5) is 0 Å². The Bertz CT molecular complexity index is 381. The molecule has 2 nitrogen and oxygen atoms in total. The molecule has 1 aromatic rings. The third kappa shape index (κ3) is 2.92. The van der Waals surface area contributed by atoms with Crippen molar-refractivity contribution in [1.29, 1.82) is 0 Å². The summed E-state index contributed by atoms with van der Waals surface area (Å²) >= 11 is 0. The van der Waals surface area contributed by atoms with Gasteiger partial charge in [-0.05, 0) is 62.9 Å². The summed E-state index contributed by atoms with van der Waals surface area (Å²) in [6.45, 7) is 9.25. The van der Waals surface area contributed by atoms with Gasteiger partial charge in [-0.2, -0.15) is 0 Å². The van der Waals surface area contributed by atoms with Crippen LogP contribution in [0.15, 0.2) is 12.3 Å². The lowest BCUT2D eigenvalue weighted by Crippen LogP contribution is -2.40. The largest absolute Gasteiger partial charge is 0.300 e. The smallest absolute Gasteiger partial charge is 0.0453 e. The molecule has 0 N–H and O–H groups in total. The molecule has 2 rings (SSSR count). The van der Waals surface area contributed by atoms with E-state index in [1.54, 1.807) is 0 Å². The third-order valence-electron chi connectivity index (χ3n) is 4.07. The standard InChI is InChI=1S/C16H26N2/c1-4-10-18(11-5-2)14-6-7-15-13(3)8-9-17-16(15)12-14/h8-9,14H,4-7,10-12H2,1-3H3. The van der Waals surface area contributed by atoms with Gasteiger partial charge in [0, 0.05) is 24.4 Å². The van der Waals surface area contributed by atoms with Gasteiger partial charge in [-0.1, -0.05) is 13.8 Å². The van der Waals surface area contributed by atoms with E-state index in [9.17, 15) is 0 Å². The van der Waals surface area contributed by atoms with E-state index >= 15 is 0 Å². The number of pyridine rings is 1. The molecule has 2 heteroatoms. The van der Waals surface area contributed by atoms with Crippen molar-refractivity contribution in [2.45, 2.75) is 58.9 Å². The van der Waals surface area contributed by atoms with E-state index in [1.165, 1.54) is 55.6 Å². The first-order chi connectivity index (χ1) is 8.76. The molecule has 1 aromatic heterocycles. The minimum absolute atomic E-state index is 0.715. The maximum atomic E-state index is 4.61. The minimum Gasteiger partial charge on any atom is -0.300 e. The molecule has 100 valence electrons. The van der Waals surface area contributed by atoms with E-state index in [0.717, 1.165) is 6.42 Å². The van der Waals surface area contributed by atoms with Crippen LogP contribution >= 0.6 is 0 Å². The summed E-state index contributed by atoms with van der Waals surface area (Å²) in [7, 11) is 0. The van der Waals surface area contributed by atoms with E-state index < -0.39 is 0 Å². The number of hydrogen-bond donors (Lipinski definition) is 0. The lowest BCUT2D eigenvalue weighted by molar-refractivity contribution is 0.178. The van der Waals surface area contributed by atoms with E-state index in [-0.39, 0.29) is 0 Å². The zero-order valence-corrected chi connectivity index (χ0v) is 12.1. The van der Waals surface area contributed by atoms with Crippen molar-refractivity contribution in [3.63, 3.8) is 0 Å². The van der Waals surface area contributed by atoms with Gasteiger partial charge in [-0.25, -0.2) is 0 Å². The second-order valence-electron chi connectivity index (χ2n) is 5.49. The summed E-state index contributed by atoms with van der Waals surface area (Å²) in [5.74, 6) is 0. The second-order valence-corrected chi connectivity index (χ2v) is 5.49. The van der Waals surface area contributed by atoms with Crippen LogP contribution in [-0.4, -0.2) is 29.0 Å². The van der Waals surface area contributed by atoms with Crippen LogP contribution in [0.3, 0.4) is 0 Å². The highest BCUT2D eigenvalue weighted by molar-refractivity contribution is 5.31. The maximum absolute atomic E-state index is 4.61. The Morgan fingerprint density at radius 3 is 2.67 bits per heavy atom. The molecule has 1 unspecified atom stereocenters. The van der Waals surface area contributed by atoms with Crippen molar-refractivity contribution in [3.8, 4) is 0 Å². The number of fused-ring (bicyclic) bond motifs is 1. The number of rotatable bonds is 5. The fourth-order valence-electron chi connectivity index (χ4n) is 3.16. The lowest BCUT2D eigenvalue weighted by Gasteiger charge is -2.34. The minimum atomic E-state index is 0.715. The van der Waals surface area contributed by atoms with Gasteiger partial charge in [0.15, 0.2) is 0 Å². The Morgan fingerprint density at radius 2 is 2.00 bits per heavy atom. The first kappa shape index (κ1) is 13.5. The third-order valence-corrected chi connectivity index (χ3v) is 4.07. The molecule has 0 aliphatic heterocycles. The summed E-state index contributed by atoms with van der Waals surface area (Å²) in [6.07, 6.45) is 8.15. The second kappa shape index (κ2) is 6.33. The number of nitrogens with zero attached hydrogens (tertiary/aromatic N) is 2. The average molecular weight is 246 g/mol. The van der Waals surface area contributed by atoms with Crippen molar-refractivity contribution >= 4 is 0 Å². The Labute approximate surface area is 111 Å². The van der Waals surface area contributed by atoms with Crippen LogP contribution in [0.25, 0.3) is 0 Å². The molecule has 18 heavy (non-hydrogen) atoms. The molecule has 1 heterocycles.